The van der Waals surface area contributed by atoms with Gasteiger partial charge in [0.15, 0.2) is 0 Å². The van der Waals surface area contributed by atoms with E-state index in [2.05, 4.69) is 24.5 Å². The second-order valence-electron chi connectivity index (χ2n) is 6.11. The molecule has 3 unspecified atom stereocenters. The summed E-state index contributed by atoms with van der Waals surface area (Å²) in [4.78, 5) is 11.7. The van der Waals surface area contributed by atoms with Crippen LogP contribution in [0.4, 0.5) is 0 Å². The zero-order chi connectivity index (χ0) is 12.3. The van der Waals surface area contributed by atoms with Gasteiger partial charge < -0.3 is 10.6 Å². The van der Waals surface area contributed by atoms with Gasteiger partial charge in [0.1, 0.15) is 0 Å². The standard InChI is InChI=1S/C14H26N2O/c1-10-3-6-13(7-11(10)2)16-14(17)9-15-8-12-4-5-12/h10-13,15H,3-9H2,1-2H3,(H,16,17). The first-order valence-electron chi connectivity index (χ1n) is 7.15. The Labute approximate surface area is 105 Å². The van der Waals surface area contributed by atoms with Gasteiger partial charge in [-0.2, -0.15) is 0 Å². The number of amides is 1. The molecule has 0 aromatic carbocycles. The Hall–Kier alpha value is -0.570. The molecule has 3 atom stereocenters. The fourth-order valence-corrected chi connectivity index (χ4v) is 2.67. The molecule has 0 saturated heterocycles. The number of carbonyl (C=O) groups excluding carboxylic acids is 1. The predicted octanol–water partition coefficient (Wildman–Crippen LogP) is 1.93. The van der Waals surface area contributed by atoms with Gasteiger partial charge in [-0.1, -0.05) is 13.8 Å². The van der Waals surface area contributed by atoms with Crippen LogP contribution in [-0.4, -0.2) is 25.0 Å². The zero-order valence-corrected chi connectivity index (χ0v) is 11.2. The van der Waals surface area contributed by atoms with E-state index in [1.54, 1.807) is 0 Å². The van der Waals surface area contributed by atoms with Crippen LogP contribution in [0.2, 0.25) is 0 Å². The average Bonchev–Trinajstić information content (AvgIpc) is 3.07. The van der Waals surface area contributed by atoms with Crippen molar-refractivity contribution >= 4 is 5.91 Å². The molecule has 0 aromatic rings. The molecule has 0 heterocycles. The van der Waals surface area contributed by atoms with E-state index in [1.807, 2.05) is 0 Å². The molecule has 2 saturated carbocycles. The monoisotopic (exact) mass is 238 g/mol. The molecule has 2 fully saturated rings. The van der Waals surface area contributed by atoms with Gasteiger partial charge in [-0.15, -0.1) is 0 Å². The van der Waals surface area contributed by atoms with Gasteiger partial charge in [0, 0.05) is 6.04 Å². The van der Waals surface area contributed by atoms with Crippen LogP contribution in [0.1, 0.15) is 46.0 Å². The Kier molecular flexibility index (Phi) is 4.43. The number of rotatable bonds is 5. The van der Waals surface area contributed by atoms with Crippen molar-refractivity contribution < 1.29 is 4.79 Å². The van der Waals surface area contributed by atoms with Crippen LogP contribution >= 0.6 is 0 Å². The molecule has 2 aliphatic rings. The Morgan fingerprint density at radius 3 is 2.53 bits per heavy atom. The van der Waals surface area contributed by atoms with E-state index in [4.69, 9.17) is 0 Å². The number of hydrogen-bond donors (Lipinski definition) is 2. The van der Waals surface area contributed by atoms with E-state index in [0.29, 0.717) is 12.6 Å². The van der Waals surface area contributed by atoms with E-state index in [1.165, 1.54) is 19.3 Å². The Morgan fingerprint density at radius 2 is 1.88 bits per heavy atom. The molecular formula is C14H26N2O. The SMILES string of the molecule is CC1CCC(NC(=O)CNCC2CC2)CC1C. The molecule has 0 aromatic heterocycles. The van der Waals surface area contributed by atoms with Crippen molar-refractivity contribution in [2.75, 3.05) is 13.1 Å². The van der Waals surface area contributed by atoms with Gasteiger partial charge in [-0.3, -0.25) is 4.79 Å². The molecule has 3 heteroatoms. The Balaban J connectivity index is 1.60. The maximum absolute atomic E-state index is 11.7. The van der Waals surface area contributed by atoms with E-state index >= 15 is 0 Å². The highest BCUT2D eigenvalue weighted by Crippen LogP contribution is 2.29. The topological polar surface area (TPSA) is 41.1 Å². The molecule has 0 aliphatic heterocycles. The Morgan fingerprint density at radius 1 is 1.12 bits per heavy atom. The summed E-state index contributed by atoms with van der Waals surface area (Å²) in [7, 11) is 0. The zero-order valence-electron chi connectivity index (χ0n) is 11.2. The second kappa shape index (κ2) is 5.85. The molecule has 1 amide bonds. The maximum atomic E-state index is 11.7. The first kappa shape index (κ1) is 12.9. The highest BCUT2D eigenvalue weighted by Gasteiger charge is 2.25. The van der Waals surface area contributed by atoms with Crippen LogP contribution in [0.15, 0.2) is 0 Å². The lowest BCUT2D eigenvalue weighted by atomic mass is 9.79. The highest BCUT2D eigenvalue weighted by molar-refractivity contribution is 5.78. The van der Waals surface area contributed by atoms with Crippen LogP contribution in [0, 0.1) is 17.8 Å². The molecule has 3 nitrogen and oxygen atoms in total. The summed E-state index contributed by atoms with van der Waals surface area (Å²) in [6.07, 6.45) is 6.23. The molecular weight excluding hydrogens is 212 g/mol. The minimum Gasteiger partial charge on any atom is -0.352 e. The van der Waals surface area contributed by atoms with Crippen LogP contribution < -0.4 is 10.6 Å². The normalized spacial score (nSPS) is 33.4. The smallest absolute Gasteiger partial charge is 0.234 e. The summed E-state index contributed by atoms with van der Waals surface area (Å²) in [5, 5.41) is 6.41. The van der Waals surface area contributed by atoms with Crippen molar-refractivity contribution in [3.63, 3.8) is 0 Å². The highest BCUT2D eigenvalue weighted by atomic mass is 16.1. The number of hydrogen-bond acceptors (Lipinski definition) is 2. The molecule has 98 valence electrons. The van der Waals surface area contributed by atoms with Crippen molar-refractivity contribution in [2.45, 2.75) is 52.0 Å². The number of nitrogens with one attached hydrogen (secondary N) is 2. The van der Waals surface area contributed by atoms with Gasteiger partial charge in [-0.25, -0.2) is 0 Å². The summed E-state index contributed by atoms with van der Waals surface area (Å²) in [6.45, 7) is 6.14. The van der Waals surface area contributed by atoms with Gasteiger partial charge >= 0.3 is 0 Å². The van der Waals surface area contributed by atoms with Crippen LogP contribution in [0.3, 0.4) is 0 Å². The average molecular weight is 238 g/mol. The predicted molar refractivity (Wildman–Crippen MR) is 69.7 cm³/mol. The van der Waals surface area contributed by atoms with Crippen LogP contribution in [-0.2, 0) is 4.79 Å². The lowest BCUT2D eigenvalue weighted by Crippen LogP contribution is -2.43. The van der Waals surface area contributed by atoms with Crippen molar-refractivity contribution in [3.05, 3.63) is 0 Å². The van der Waals surface area contributed by atoms with Crippen LogP contribution in [0.25, 0.3) is 0 Å². The van der Waals surface area contributed by atoms with Crippen molar-refractivity contribution in [3.8, 4) is 0 Å². The Bertz CT molecular complexity index is 263. The van der Waals surface area contributed by atoms with E-state index in [9.17, 15) is 4.79 Å². The first-order valence-corrected chi connectivity index (χ1v) is 7.15. The van der Waals surface area contributed by atoms with Gasteiger partial charge in [0.2, 0.25) is 5.91 Å². The molecule has 0 spiro atoms. The minimum absolute atomic E-state index is 0.178. The third-order valence-electron chi connectivity index (χ3n) is 4.38. The summed E-state index contributed by atoms with van der Waals surface area (Å²) < 4.78 is 0. The van der Waals surface area contributed by atoms with Gasteiger partial charge in [0.05, 0.1) is 6.54 Å². The van der Waals surface area contributed by atoms with Crippen molar-refractivity contribution in [1.29, 1.82) is 0 Å². The van der Waals surface area contributed by atoms with Gasteiger partial charge in [0.25, 0.3) is 0 Å². The molecule has 17 heavy (non-hydrogen) atoms. The summed E-state index contributed by atoms with van der Waals surface area (Å²) >= 11 is 0. The molecule has 2 N–H and O–H groups in total. The molecule has 2 aliphatic carbocycles. The number of carbonyl (C=O) groups is 1. The van der Waals surface area contributed by atoms with Crippen molar-refractivity contribution in [1.82, 2.24) is 10.6 Å². The third-order valence-corrected chi connectivity index (χ3v) is 4.38. The largest absolute Gasteiger partial charge is 0.352 e. The lowest BCUT2D eigenvalue weighted by molar-refractivity contribution is -0.121. The molecule has 0 bridgehead atoms. The maximum Gasteiger partial charge on any atom is 0.234 e. The van der Waals surface area contributed by atoms with E-state index < -0.39 is 0 Å². The van der Waals surface area contributed by atoms with Crippen molar-refractivity contribution in [2.24, 2.45) is 17.8 Å². The minimum atomic E-state index is 0.178. The fourth-order valence-electron chi connectivity index (χ4n) is 2.67. The summed E-state index contributed by atoms with van der Waals surface area (Å²) in [6, 6.07) is 0.413. The third kappa shape index (κ3) is 4.30. The van der Waals surface area contributed by atoms with E-state index in [0.717, 1.165) is 37.1 Å². The molecule has 2 rings (SSSR count). The van der Waals surface area contributed by atoms with Crippen LogP contribution in [0.5, 0.6) is 0 Å². The lowest BCUT2D eigenvalue weighted by Gasteiger charge is -2.32. The van der Waals surface area contributed by atoms with E-state index in [-0.39, 0.29) is 5.91 Å². The quantitative estimate of drug-likeness (QED) is 0.768. The van der Waals surface area contributed by atoms with Gasteiger partial charge in [-0.05, 0) is 56.4 Å². The first-order chi connectivity index (χ1) is 8.15. The second-order valence-corrected chi connectivity index (χ2v) is 6.11. The summed E-state index contributed by atoms with van der Waals surface area (Å²) in [5.41, 5.74) is 0. The molecule has 0 radical (unpaired) electrons. The fraction of sp³-hybridized carbons (Fsp3) is 0.929. The summed E-state index contributed by atoms with van der Waals surface area (Å²) in [5.74, 6) is 2.58.